The molecular weight excluding hydrogens is 467 g/mol. The number of nitrogens with one attached hydrogen (secondary N) is 1. The Morgan fingerprint density at radius 3 is 2.47 bits per heavy atom. The first-order valence-corrected chi connectivity index (χ1v) is 10.7. The lowest BCUT2D eigenvalue weighted by atomic mass is 10.1. The molecule has 10 heteroatoms. The SMILES string of the molecule is Cc1onc(-c2c(Cl)cccc2Cl)c1C(=O)Nc1nnc(Cc2ccc(Cl)cc2)s1. The van der Waals surface area contributed by atoms with Crippen molar-refractivity contribution in [1.29, 1.82) is 0 Å². The summed E-state index contributed by atoms with van der Waals surface area (Å²) in [4.78, 5) is 12.9. The van der Waals surface area contributed by atoms with Gasteiger partial charge in [0.15, 0.2) is 0 Å². The van der Waals surface area contributed by atoms with Crippen molar-refractivity contribution < 1.29 is 9.32 Å². The second-order valence-electron chi connectivity index (χ2n) is 6.32. The molecule has 0 bridgehead atoms. The smallest absolute Gasteiger partial charge is 0.263 e. The summed E-state index contributed by atoms with van der Waals surface area (Å²) in [7, 11) is 0. The van der Waals surface area contributed by atoms with Gasteiger partial charge >= 0.3 is 0 Å². The Bertz CT molecular complexity index is 1200. The van der Waals surface area contributed by atoms with Crippen LogP contribution in [0.2, 0.25) is 15.1 Å². The molecule has 0 radical (unpaired) electrons. The molecule has 0 saturated carbocycles. The highest BCUT2D eigenvalue weighted by Crippen LogP contribution is 2.37. The van der Waals surface area contributed by atoms with E-state index >= 15 is 0 Å². The molecule has 0 unspecified atom stereocenters. The van der Waals surface area contributed by atoms with Crippen molar-refractivity contribution in [3.63, 3.8) is 0 Å². The van der Waals surface area contributed by atoms with E-state index in [4.69, 9.17) is 39.3 Å². The molecule has 30 heavy (non-hydrogen) atoms. The van der Waals surface area contributed by atoms with Gasteiger partial charge in [0.2, 0.25) is 5.13 Å². The van der Waals surface area contributed by atoms with E-state index in [1.165, 1.54) is 11.3 Å². The molecule has 0 aliphatic carbocycles. The van der Waals surface area contributed by atoms with Gasteiger partial charge in [-0.25, -0.2) is 0 Å². The van der Waals surface area contributed by atoms with Crippen LogP contribution in [0.1, 0.15) is 26.7 Å². The molecule has 4 aromatic rings. The Balaban J connectivity index is 1.56. The van der Waals surface area contributed by atoms with Crippen LogP contribution in [-0.2, 0) is 6.42 Å². The summed E-state index contributed by atoms with van der Waals surface area (Å²) in [5.41, 5.74) is 1.98. The molecule has 2 heterocycles. The van der Waals surface area contributed by atoms with E-state index in [0.29, 0.717) is 37.9 Å². The normalized spacial score (nSPS) is 10.9. The van der Waals surface area contributed by atoms with Gasteiger partial charge in [-0.15, -0.1) is 10.2 Å². The van der Waals surface area contributed by atoms with E-state index in [1.54, 1.807) is 25.1 Å². The summed E-state index contributed by atoms with van der Waals surface area (Å²) in [5.74, 6) is -0.0988. The maximum Gasteiger partial charge on any atom is 0.263 e. The standard InChI is InChI=1S/C20H13Cl3N4O2S/c1-10-16(18(27-29-10)17-13(22)3-2-4-14(17)23)19(28)24-20-26-25-15(30-20)9-11-5-7-12(21)8-6-11/h2-8H,9H2,1H3,(H,24,26,28). The van der Waals surface area contributed by atoms with E-state index in [9.17, 15) is 4.79 Å². The van der Waals surface area contributed by atoms with Crippen molar-refractivity contribution in [1.82, 2.24) is 15.4 Å². The van der Waals surface area contributed by atoms with Gasteiger partial charge in [-0.2, -0.15) is 0 Å². The lowest BCUT2D eigenvalue weighted by Crippen LogP contribution is -2.13. The lowest BCUT2D eigenvalue weighted by Gasteiger charge is -2.06. The van der Waals surface area contributed by atoms with Crippen LogP contribution in [0.4, 0.5) is 5.13 Å². The molecule has 0 atom stereocenters. The lowest BCUT2D eigenvalue weighted by molar-refractivity contribution is 0.102. The van der Waals surface area contributed by atoms with Crippen molar-refractivity contribution >= 4 is 57.2 Å². The number of aryl methyl sites for hydroxylation is 1. The van der Waals surface area contributed by atoms with Crippen molar-refractivity contribution in [2.75, 3.05) is 5.32 Å². The minimum absolute atomic E-state index is 0.236. The van der Waals surface area contributed by atoms with E-state index in [1.807, 2.05) is 24.3 Å². The molecule has 2 aromatic heterocycles. The van der Waals surface area contributed by atoms with Crippen molar-refractivity contribution in [3.8, 4) is 11.3 Å². The first-order valence-electron chi connectivity index (χ1n) is 8.71. The molecule has 152 valence electrons. The first kappa shape index (κ1) is 20.8. The Morgan fingerprint density at radius 1 is 1.07 bits per heavy atom. The van der Waals surface area contributed by atoms with Crippen molar-refractivity contribution in [2.45, 2.75) is 13.3 Å². The van der Waals surface area contributed by atoms with Crippen LogP contribution >= 0.6 is 46.1 Å². The minimum atomic E-state index is -0.436. The number of halogens is 3. The van der Waals surface area contributed by atoms with Crippen LogP contribution in [0.15, 0.2) is 47.0 Å². The summed E-state index contributed by atoms with van der Waals surface area (Å²) >= 11 is 19.7. The minimum Gasteiger partial charge on any atom is -0.360 e. The zero-order chi connectivity index (χ0) is 21.3. The number of hydrogen-bond acceptors (Lipinski definition) is 6. The molecule has 0 saturated heterocycles. The third-order valence-electron chi connectivity index (χ3n) is 4.25. The monoisotopic (exact) mass is 478 g/mol. The van der Waals surface area contributed by atoms with Crippen molar-refractivity contribution in [2.24, 2.45) is 0 Å². The summed E-state index contributed by atoms with van der Waals surface area (Å²) in [6.07, 6.45) is 0.581. The van der Waals surface area contributed by atoms with E-state index in [2.05, 4.69) is 20.7 Å². The number of amides is 1. The van der Waals surface area contributed by atoms with Crippen molar-refractivity contribution in [3.05, 3.63) is 79.4 Å². The van der Waals surface area contributed by atoms with Gasteiger partial charge in [-0.05, 0) is 36.8 Å². The number of anilines is 1. The highest BCUT2D eigenvalue weighted by atomic mass is 35.5. The van der Waals surface area contributed by atoms with Gasteiger partial charge < -0.3 is 4.52 Å². The fourth-order valence-corrected chi connectivity index (χ4v) is 4.32. The maximum atomic E-state index is 12.9. The molecule has 6 nitrogen and oxygen atoms in total. The third kappa shape index (κ3) is 4.34. The number of nitrogens with zero attached hydrogens (tertiary/aromatic N) is 3. The molecule has 4 rings (SSSR count). The number of aromatic nitrogens is 3. The second-order valence-corrected chi connectivity index (χ2v) is 8.63. The predicted octanol–water partition coefficient (Wildman–Crippen LogP) is 6.30. The average Bonchev–Trinajstić information content (AvgIpc) is 3.30. The molecular formula is C20H13Cl3N4O2S. The molecule has 0 spiro atoms. The zero-order valence-electron chi connectivity index (χ0n) is 15.4. The summed E-state index contributed by atoms with van der Waals surface area (Å²) in [5, 5.41) is 17.4. The van der Waals surface area contributed by atoms with E-state index in [-0.39, 0.29) is 11.3 Å². The summed E-state index contributed by atoms with van der Waals surface area (Å²) < 4.78 is 5.24. The third-order valence-corrected chi connectivity index (χ3v) is 5.97. The molecule has 1 N–H and O–H groups in total. The van der Waals surface area contributed by atoms with Gasteiger partial charge in [-0.1, -0.05) is 69.5 Å². The first-order chi connectivity index (χ1) is 14.4. The molecule has 1 amide bonds. The number of benzene rings is 2. The van der Waals surface area contributed by atoms with Gasteiger partial charge in [0.1, 0.15) is 22.0 Å². The fraction of sp³-hybridized carbons (Fsp3) is 0.100. The van der Waals surface area contributed by atoms with Gasteiger partial charge in [0, 0.05) is 17.0 Å². The topological polar surface area (TPSA) is 80.9 Å². The zero-order valence-corrected chi connectivity index (χ0v) is 18.5. The predicted molar refractivity (Wildman–Crippen MR) is 119 cm³/mol. The second kappa shape index (κ2) is 8.73. The summed E-state index contributed by atoms with van der Waals surface area (Å²) in [6.45, 7) is 1.64. The quantitative estimate of drug-likeness (QED) is 0.363. The van der Waals surface area contributed by atoms with Crippen LogP contribution in [0.5, 0.6) is 0 Å². The average molecular weight is 480 g/mol. The number of carbonyl (C=O) groups is 1. The van der Waals surface area contributed by atoms with E-state index in [0.717, 1.165) is 10.6 Å². The van der Waals surface area contributed by atoms with Gasteiger partial charge in [0.25, 0.3) is 5.91 Å². The molecule has 0 fully saturated rings. The Hall–Kier alpha value is -2.45. The highest BCUT2D eigenvalue weighted by molar-refractivity contribution is 7.15. The van der Waals surface area contributed by atoms with Crippen LogP contribution in [-0.4, -0.2) is 21.3 Å². The molecule has 2 aromatic carbocycles. The number of hydrogen-bond donors (Lipinski definition) is 1. The van der Waals surface area contributed by atoms with Crippen LogP contribution in [0, 0.1) is 6.92 Å². The van der Waals surface area contributed by atoms with Gasteiger partial charge in [-0.3, -0.25) is 10.1 Å². The number of carbonyl (C=O) groups excluding carboxylic acids is 1. The highest BCUT2D eigenvalue weighted by Gasteiger charge is 2.25. The van der Waals surface area contributed by atoms with E-state index < -0.39 is 5.91 Å². The van der Waals surface area contributed by atoms with Crippen LogP contribution < -0.4 is 5.32 Å². The van der Waals surface area contributed by atoms with Crippen LogP contribution in [0.25, 0.3) is 11.3 Å². The van der Waals surface area contributed by atoms with Crippen LogP contribution in [0.3, 0.4) is 0 Å². The summed E-state index contributed by atoms with van der Waals surface area (Å²) in [6, 6.07) is 12.5. The largest absolute Gasteiger partial charge is 0.360 e. The molecule has 0 aliphatic heterocycles. The van der Waals surface area contributed by atoms with Gasteiger partial charge in [0.05, 0.1) is 10.0 Å². The Labute approximate surface area is 190 Å². The Kier molecular flexibility index (Phi) is 6.06. The maximum absolute atomic E-state index is 12.9. The Morgan fingerprint density at radius 2 is 1.77 bits per heavy atom. The number of rotatable bonds is 5. The molecule has 0 aliphatic rings. The fourth-order valence-electron chi connectivity index (χ4n) is 2.85.